The summed E-state index contributed by atoms with van der Waals surface area (Å²) in [5.41, 5.74) is 6.57. The third-order valence-electron chi connectivity index (χ3n) is 2.83. The third kappa shape index (κ3) is 1.06. The molecule has 0 bridgehead atoms. The van der Waals surface area contributed by atoms with Crippen molar-refractivity contribution < 1.29 is 4.79 Å². The summed E-state index contributed by atoms with van der Waals surface area (Å²) >= 11 is 0. The fraction of sp³-hybridized carbons (Fsp3) is 0.300. The minimum absolute atomic E-state index is 0.0169. The van der Waals surface area contributed by atoms with Crippen molar-refractivity contribution in [3.63, 3.8) is 0 Å². The molecule has 0 unspecified atom stereocenters. The molecule has 0 saturated heterocycles. The highest BCUT2D eigenvalue weighted by molar-refractivity contribution is 6.19. The van der Waals surface area contributed by atoms with E-state index in [-0.39, 0.29) is 5.91 Å². The maximum atomic E-state index is 11.9. The highest BCUT2D eigenvalue weighted by Gasteiger charge is 2.32. The zero-order valence-electron chi connectivity index (χ0n) is 8.32. The Kier molecular flexibility index (Phi) is 1.56. The Morgan fingerprint density at radius 3 is 3.20 bits per heavy atom. The molecule has 2 heterocycles. The van der Waals surface area contributed by atoms with E-state index in [2.05, 4.69) is 15.6 Å². The molecular formula is C10H10N4O. The van der Waals surface area contributed by atoms with Gasteiger partial charge in [0.2, 0.25) is 0 Å². The molecule has 5 heteroatoms. The molecule has 0 atom stereocenters. The van der Waals surface area contributed by atoms with Crippen LogP contribution in [0.4, 0.5) is 0 Å². The average Bonchev–Trinajstić information content (AvgIpc) is 2.63. The number of carbonyl (C=O) groups excluding carboxylic acids is 1. The molecule has 0 saturated carbocycles. The summed E-state index contributed by atoms with van der Waals surface area (Å²) in [6.07, 6.45) is 5.08. The van der Waals surface area contributed by atoms with Crippen molar-refractivity contribution in [2.45, 2.75) is 12.8 Å². The van der Waals surface area contributed by atoms with E-state index in [9.17, 15) is 4.79 Å². The van der Waals surface area contributed by atoms with Crippen LogP contribution in [0, 0.1) is 0 Å². The largest absolute Gasteiger partial charge is 0.285 e. The van der Waals surface area contributed by atoms with Gasteiger partial charge in [-0.15, -0.1) is 0 Å². The van der Waals surface area contributed by atoms with Crippen LogP contribution in [0.3, 0.4) is 0 Å². The minimum atomic E-state index is -0.0169. The fourth-order valence-corrected chi connectivity index (χ4v) is 2.08. The molecule has 0 spiro atoms. The second-order valence-corrected chi connectivity index (χ2v) is 3.71. The van der Waals surface area contributed by atoms with Gasteiger partial charge in [0.15, 0.2) is 0 Å². The Hall–Kier alpha value is -1.91. The summed E-state index contributed by atoms with van der Waals surface area (Å²) in [4.78, 5) is 11.9. The molecule has 2 aliphatic heterocycles. The Labute approximate surface area is 86.8 Å². The Bertz CT molecular complexity index is 470. The van der Waals surface area contributed by atoms with E-state index in [4.69, 9.17) is 0 Å². The molecule has 76 valence electrons. The summed E-state index contributed by atoms with van der Waals surface area (Å²) in [7, 11) is 1.67. The van der Waals surface area contributed by atoms with E-state index in [1.165, 1.54) is 5.01 Å². The van der Waals surface area contributed by atoms with E-state index >= 15 is 0 Å². The topological polar surface area (TPSA) is 57.1 Å². The van der Waals surface area contributed by atoms with Crippen LogP contribution < -0.4 is 5.43 Å². The first-order chi connectivity index (χ1) is 7.27. The molecule has 0 aromatic carbocycles. The van der Waals surface area contributed by atoms with E-state index < -0.39 is 0 Å². The number of allylic oxidation sites excluding steroid dienone is 2. The number of rotatable bonds is 0. The molecule has 0 aromatic rings. The van der Waals surface area contributed by atoms with Gasteiger partial charge in [0, 0.05) is 30.0 Å². The first-order valence-corrected chi connectivity index (χ1v) is 4.85. The van der Waals surface area contributed by atoms with Gasteiger partial charge in [0.05, 0.1) is 11.9 Å². The second kappa shape index (κ2) is 2.79. The predicted molar refractivity (Wildman–Crippen MR) is 56.2 cm³/mol. The zero-order valence-corrected chi connectivity index (χ0v) is 8.32. The van der Waals surface area contributed by atoms with Crippen LogP contribution in [0.1, 0.15) is 12.8 Å². The van der Waals surface area contributed by atoms with Gasteiger partial charge in [-0.2, -0.15) is 10.2 Å². The quantitative estimate of drug-likeness (QED) is 0.617. The van der Waals surface area contributed by atoms with Crippen molar-refractivity contribution in [3.8, 4) is 0 Å². The number of nitrogens with one attached hydrogen (secondary N) is 1. The number of amides is 1. The molecule has 1 amide bonds. The number of carbonyl (C=O) groups is 1. The Morgan fingerprint density at radius 1 is 1.47 bits per heavy atom. The molecular weight excluding hydrogens is 192 g/mol. The van der Waals surface area contributed by atoms with Crippen LogP contribution in [0.2, 0.25) is 0 Å². The molecule has 15 heavy (non-hydrogen) atoms. The predicted octanol–water partition coefficient (Wildman–Crippen LogP) is 0.378. The minimum Gasteiger partial charge on any atom is -0.285 e. The van der Waals surface area contributed by atoms with Crippen LogP contribution in [-0.4, -0.2) is 29.9 Å². The normalized spacial score (nSPS) is 23.3. The van der Waals surface area contributed by atoms with Gasteiger partial charge in [-0.05, 0) is 12.8 Å². The van der Waals surface area contributed by atoms with Crippen molar-refractivity contribution in [2.75, 3.05) is 7.05 Å². The van der Waals surface area contributed by atoms with E-state index in [0.717, 1.165) is 35.3 Å². The van der Waals surface area contributed by atoms with Crippen molar-refractivity contribution in [3.05, 3.63) is 22.9 Å². The number of nitrogens with zero attached hydrogens (tertiary/aromatic N) is 3. The molecule has 5 nitrogen and oxygen atoms in total. The number of hydrogen-bond acceptors (Lipinski definition) is 4. The summed E-state index contributed by atoms with van der Waals surface area (Å²) in [6, 6.07) is 0. The van der Waals surface area contributed by atoms with Crippen molar-refractivity contribution >= 4 is 17.8 Å². The van der Waals surface area contributed by atoms with Gasteiger partial charge in [-0.3, -0.25) is 10.2 Å². The zero-order chi connectivity index (χ0) is 10.4. The molecule has 0 fully saturated rings. The van der Waals surface area contributed by atoms with E-state index in [1.54, 1.807) is 19.5 Å². The van der Waals surface area contributed by atoms with Gasteiger partial charge in [-0.25, -0.2) is 5.01 Å². The number of likely N-dealkylation sites (N-methyl/N-ethyl adjacent to an activating group) is 1. The number of hydrazone groups is 2. The second-order valence-electron chi connectivity index (χ2n) is 3.71. The van der Waals surface area contributed by atoms with Gasteiger partial charge < -0.3 is 0 Å². The van der Waals surface area contributed by atoms with Gasteiger partial charge in [0.1, 0.15) is 0 Å². The van der Waals surface area contributed by atoms with Crippen molar-refractivity contribution in [1.29, 1.82) is 0 Å². The summed E-state index contributed by atoms with van der Waals surface area (Å²) < 4.78 is 0. The Balaban J connectivity index is 2.22. The molecule has 3 aliphatic rings. The van der Waals surface area contributed by atoms with Gasteiger partial charge in [-0.1, -0.05) is 0 Å². The smallest absolute Gasteiger partial charge is 0.270 e. The lowest BCUT2D eigenvalue weighted by molar-refractivity contribution is -0.125. The van der Waals surface area contributed by atoms with Crippen molar-refractivity contribution in [1.82, 2.24) is 10.4 Å². The monoisotopic (exact) mass is 202 g/mol. The van der Waals surface area contributed by atoms with Gasteiger partial charge in [0.25, 0.3) is 5.91 Å². The van der Waals surface area contributed by atoms with Crippen LogP contribution >= 0.6 is 0 Å². The fourth-order valence-electron chi connectivity index (χ4n) is 2.08. The summed E-state index contributed by atoms with van der Waals surface area (Å²) in [6.45, 7) is 0. The third-order valence-corrected chi connectivity index (χ3v) is 2.83. The molecule has 1 N–H and O–H groups in total. The lowest BCUT2D eigenvalue weighted by atomic mass is 10.0. The Morgan fingerprint density at radius 2 is 2.33 bits per heavy atom. The van der Waals surface area contributed by atoms with Gasteiger partial charge >= 0.3 is 0 Å². The standard InChI is InChI=1S/C10H10N4O/c1-14-10(15)7-2-3-8-9(7)6(5-12-14)4-11-13-8/h4-5,11H,2-3H2,1H3. The van der Waals surface area contributed by atoms with Crippen LogP contribution in [0.25, 0.3) is 0 Å². The molecule has 0 aromatic heterocycles. The highest BCUT2D eigenvalue weighted by atomic mass is 16.2. The summed E-state index contributed by atoms with van der Waals surface area (Å²) in [5.74, 6) is -0.0169. The van der Waals surface area contributed by atoms with Crippen molar-refractivity contribution in [2.24, 2.45) is 10.2 Å². The first kappa shape index (κ1) is 8.40. The van der Waals surface area contributed by atoms with E-state index in [1.807, 2.05) is 0 Å². The summed E-state index contributed by atoms with van der Waals surface area (Å²) in [5, 5.41) is 9.62. The molecule has 1 aliphatic carbocycles. The van der Waals surface area contributed by atoms with E-state index in [0.29, 0.717) is 0 Å². The average molecular weight is 202 g/mol. The highest BCUT2D eigenvalue weighted by Crippen LogP contribution is 2.32. The van der Waals surface area contributed by atoms with Crippen LogP contribution in [0.5, 0.6) is 0 Å². The lowest BCUT2D eigenvalue weighted by Gasteiger charge is -2.10. The lowest BCUT2D eigenvalue weighted by Crippen LogP contribution is -2.21. The SMILES string of the molecule is CN1N=CC2=CNN=C3CCC(=C23)C1=O. The van der Waals surface area contributed by atoms with Crippen LogP contribution in [0.15, 0.2) is 33.1 Å². The first-order valence-electron chi connectivity index (χ1n) is 4.85. The van der Waals surface area contributed by atoms with Crippen LogP contribution in [-0.2, 0) is 4.79 Å². The maximum Gasteiger partial charge on any atom is 0.270 e. The maximum absolute atomic E-state index is 11.9. The molecule has 0 radical (unpaired) electrons. The molecule has 3 rings (SSSR count). The number of hydrogen-bond donors (Lipinski definition) is 1.